The Morgan fingerprint density at radius 3 is 2.48 bits per heavy atom. The van der Waals surface area contributed by atoms with Gasteiger partial charge in [-0.15, -0.1) is 0 Å². The summed E-state index contributed by atoms with van der Waals surface area (Å²) in [7, 11) is 0. The van der Waals surface area contributed by atoms with Crippen molar-refractivity contribution < 1.29 is 19.1 Å². The van der Waals surface area contributed by atoms with E-state index < -0.39 is 5.54 Å². The standard InChI is InChI=1S/C17H18ClNO4/c18-13-4-2-1-3-12(13)11-23-16(22)7-10-17-8-5-14(20)19(17)15(21)6-9-17/h1-4H,5-11H2. The highest BCUT2D eigenvalue weighted by Gasteiger charge is 2.52. The van der Waals surface area contributed by atoms with Gasteiger partial charge in [0.1, 0.15) is 6.61 Å². The van der Waals surface area contributed by atoms with Crippen molar-refractivity contribution in [3.8, 4) is 0 Å². The van der Waals surface area contributed by atoms with E-state index in [1.165, 1.54) is 4.90 Å². The van der Waals surface area contributed by atoms with Crippen molar-refractivity contribution in [2.24, 2.45) is 0 Å². The summed E-state index contributed by atoms with van der Waals surface area (Å²) in [5.74, 6) is -0.563. The normalized spacial score (nSPS) is 19.1. The lowest BCUT2D eigenvalue weighted by molar-refractivity contribution is -0.148. The maximum absolute atomic E-state index is 12.0. The lowest BCUT2D eigenvalue weighted by Gasteiger charge is -2.30. The predicted octanol–water partition coefficient (Wildman–Crippen LogP) is 2.85. The molecule has 2 saturated heterocycles. The Kier molecular flexibility index (Phi) is 4.39. The first-order valence-corrected chi connectivity index (χ1v) is 8.15. The Labute approximate surface area is 139 Å². The molecule has 6 heteroatoms. The van der Waals surface area contributed by atoms with E-state index in [1.807, 2.05) is 12.1 Å². The molecule has 2 aliphatic heterocycles. The number of imide groups is 1. The topological polar surface area (TPSA) is 63.7 Å². The number of hydrogen-bond donors (Lipinski definition) is 0. The van der Waals surface area contributed by atoms with Crippen LogP contribution in [0.1, 0.15) is 44.1 Å². The second kappa shape index (κ2) is 6.32. The van der Waals surface area contributed by atoms with Gasteiger partial charge in [0.2, 0.25) is 11.8 Å². The average molecular weight is 336 g/mol. The minimum absolute atomic E-state index is 0.114. The number of amides is 2. The summed E-state index contributed by atoms with van der Waals surface area (Å²) in [6, 6.07) is 7.20. The zero-order valence-corrected chi connectivity index (χ0v) is 13.5. The molecule has 122 valence electrons. The van der Waals surface area contributed by atoms with Gasteiger partial charge in [-0.1, -0.05) is 29.8 Å². The third-order valence-corrected chi connectivity index (χ3v) is 5.09. The van der Waals surface area contributed by atoms with Gasteiger partial charge in [-0.3, -0.25) is 19.3 Å². The van der Waals surface area contributed by atoms with Gasteiger partial charge < -0.3 is 4.74 Å². The van der Waals surface area contributed by atoms with Crippen LogP contribution < -0.4 is 0 Å². The molecule has 0 bridgehead atoms. The smallest absolute Gasteiger partial charge is 0.306 e. The Morgan fingerprint density at radius 2 is 1.83 bits per heavy atom. The molecule has 1 aromatic carbocycles. The van der Waals surface area contributed by atoms with Gasteiger partial charge in [-0.25, -0.2) is 0 Å². The zero-order chi connectivity index (χ0) is 16.4. The van der Waals surface area contributed by atoms with Gasteiger partial charge in [0.25, 0.3) is 0 Å². The number of rotatable bonds is 5. The molecule has 1 aromatic rings. The highest BCUT2D eigenvalue weighted by Crippen LogP contribution is 2.43. The monoisotopic (exact) mass is 335 g/mol. The van der Waals surface area contributed by atoms with Crippen molar-refractivity contribution in [3.63, 3.8) is 0 Å². The second-order valence-corrected chi connectivity index (χ2v) is 6.51. The molecule has 2 aliphatic rings. The maximum Gasteiger partial charge on any atom is 0.306 e. The summed E-state index contributed by atoms with van der Waals surface area (Å²) in [6.07, 6.45) is 2.75. The summed E-state index contributed by atoms with van der Waals surface area (Å²) in [4.78, 5) is 37.0. The molecule has 2 fully saturated rings. The summed E-state index contributed by atoms with van der Waals surface area (Å²) in [6.45, 7) is 0.132. The van der Waals surface area contributed by atoms with Crippen LogP contribution in [0.5, 0.6) is 0 Å². The van der Waals surface area contributed by atoms with Gasteiger partial charge in [-0.05, 0) is 25.3 Å². The molecule has 3 rings (SSSR count). The van der Waals surface area contributed by atoms with Crippen LogP contribution in [0.25, 0.3) is 0 Å². The first kappa shape index (κ1) is 16.0. The van der Waals surface area contributed by atoms with Crippen molar-refractivity contribution in [2.75, 3.05) is 0 Å². The van der Waals surface area contributed by atoms with E-state index in [0.29, 0.717) is 37.1 Å². The van der Waals surface area contributed by atoms with Gasteiger partial charge >= 0.3 is 5.97 Å². The fraction of sp³-hybridized carbons (Fsp3) is 0.471. The number of esters is 1. The predicted molar refractivity (Wildman–Crippen MR) is 83.5 cm³/mol. The molecule has 0 atom stereocenters. The van der Waals surface area contributed by atoms with Gasteiger partial charge in [0, 0.05) is 29.8 Å². The van der Waals surface area contributed by atoms with Crippen molar-refractivity contribution >= 4 is 29.4 Å². The van der Waals surface area contributed by atoms with Crippen molar-refractivity contribution in [1.82, 2.24) is 4.90 Å². The largest absolute Gasteiger partial charge is 0.461 e. The van der Waals surface area contributed by atoms with Crippen LogP contribution >= 0.6 is 11.6 Å². The van der Waals surface area contributed by atoms with Gasteiger partial charge in [-0.2, -0.15) is 0 Å². The quantitative estimate of drug-likeness (QED) is 0.613. The first-order valence-electron chi connectivity index (χ1n) is 7.77. The second-order valence-electron chi connectivity index (χ2n) is 6.10. The minimum Gasteiger partial charge on any atom is -0.461 e. The van der Waals surface area contributed by atoms with Crippen molar-refractivity contribution in [1.29, 1.82) is 0 Å². The van der Waals surface area contributed by atoms with E-state index in [0.717, 1.165) is 5.56 Å². The fourth-order valence-corrected chi connectivity index (χ4v) is 3.65. The third kappa shape index (κ3) is 3.11. The van der Waals surface area contributed by atoms with E-state index in [9.17, 15) is 14.4 Å². The fourth-order valence-electron chi connectivity index (χ4n) is 3.46. The summed E-state index contributed by atoms with van der Waals surface area (Å²) in [5.41, 5.74) is 0.298. The molecule has 0 saturated carbocycles. The molecule has 0 radical (unpaired) electrons. The minimum atomic E-state index is -0.461. The molecule has 0 aromatic heterocycles. The van der Waals surface area contributed by atoms with Gasteiger partial charge in [0.15, 0.2) is 0 Å². The molecule has 2 amide bonds. The summed E-state index contributed by atoms with van der Waals surface area (Å²) < 4.78 is 5.26. The Morgan fingerprint density at radius 1 is 1.17 bits per heavy atom. The zero-order valence-electron chi connectivity index (χ0n) is 12.7. The molecule has 0 aliphatic carbocycles. The van der Waals surface area contributed by atoms with Crippen LogP contribution in [0.3, 0.4) is 0 Å². The van der Waals surface area contributed by atoms with Crippen LogP contribution in [0, 0.1) is 0 Å². The third-order valence-electron chi connectivity index (χ3n) is 4.72. The van der Waals surface area contributed by atoms with E-state index >= 15 is 0 Å². The molecule has 0 unspecified atom stereocenters. The summed E-state index contributed by atoms with van der Waals surface area (Å²) >= 11 is 6.02. The number of carbonyl (C=O) groups excluding carboxylic acids is 3. The Hall–Kier alpha value is -1.88. The lowest BCUT2D eigenvalue weighted by Crippen LogP contribution is -2.42. The van der Waals surface area contributed by atoms with E-state index in [1.54, 1.807) is 12.1 Å². The maximum atomic E-state index is 12.0. The molecule has 0 N–H and O–H groups in total. The number of fused-ring (bicyclic) bond motifs is 1. The molecule has 23 heavy (non-hydrogen) atoms. The number of ether oxygens (including phenoxy) is 1. The molecule has 2 heterocycles. The average Bonchev–Trinajstić information content (AvgIpc) is 3.04. The number of halogens is 1. The van der Waals surface area contributed by atoms with E-state index in [-0.39, 0.29) is 30.8 Å². The van der Waals surface area contributed by atoms with E-state index in [2.05, 4.69) is 0 Å². The van der Waals surface area contributed by atoms with Crippen LogP contribution in [0.4, 0.5) is 0 Å². The van der Waals surface area contributed by atoms with Crippen LogP contribution in [0.2, 0.25) is 5.02 Å². The highest BCUT2D eigenvalue weighted by atomic mass is 35.5. The SMILES string of the molecule is O=C(CCC12CCC(=O)N1C(=O)CC2)OCc1ccccc1Cl. The Balaban J connectivity index is 1.54. The Bertz CT molecular complexity index is 638. The van der Waals surface area contributed by atoms with Crippen LogP contribution in [0.15, 0.2) is 24.3 Å². The van der Waals surface area contributed by atoms with Crippen LogP contribution in [-0.2, 0) is 25.7 Å². The van der Waals surface area contributed by atoms with Gasteiger partial charge in [0.05, 0.1) is 5.54 Å². The number of benzene rings is 1. The molecular weight excluding hydrogens is 318 g/mol. The van der Waals surface area contributed by atoms with E-state index in [4.69, 9.17) is 16.3 Å². The van der Waals surface area contributed by atoms with Crippen molar-refractivity contribution in [2.45, 2.75) is 50.7 Å². The van der Waals surface area contributed by atoms with Crippen molar-refractivity contribution in [3.05, 3.63) is 34.9 Å². The first-order chi connectivity index (χ1) is 11.0. The summed E-state index contributed by atoms with van der Waals surface area (Å²) in [5, 5.41) is 0.563. The number of nitrogens with zero attached hydrogens (tertiary/aromatic N) is 1. The lowest BCUT2D eigenvalue weighted by atomic mass is 9.89. The van der Waals surface area contributed by atoms with Crippen LogP contribution in [-0.4, -0.2) is 28.2 Å². The number of hydrogen-bond acceptors (Lipinski definition) is 4. The molecular formula is C17H18ClNO4. The highest BCUT2D eigenvalue weighted by molar-refractivity contribution is 6.31. The molecule has 5 nitrogen and oxygen atoms in total. The molecule has 0 spiro atoms. The number of carbonyl (C=O) groups is 3.